The third-order valence-electron chi connectivity index (χ3n) is 7.19. The SMILES string of the molecule is O=C(C1COCCN1)N1CCC2(CCN(c3nccc(NCc4ccc(Cl)cc4Cl)n3)CC2)C1. The predicted molar refractivity (Wildman–Crippen MR) is 134 cm³/mol. The first-order valence-corrected chi connectivity index (χ1v) is 12.6. The molecule has 1 atom stereocenters. The van der Waals surface area contributed by atoms with Gasteiger partial charge < -0.3 is 25.2 Å². The van der Waals surface area contributed by atoms with E-state index in [9.17, 15) is 4.79 Å². The van der Waals surface area contributed by atoms with Crippen molar-refractivity contribution in [1.82, 2.24) is 20.2 Å². The van der Waals surface area contributed by atoms with Crippen LogP contribution < -0.4 is 15.5 Å². The van der Waals surface area contributed by atoms with Gasteiger partial charge in [-0.25, -0.2) is 4.98 Å². The molecule has 0 bridgehead atoms. The Hall–Kier alpha value is -2.13. The fourth-order valence-electron chi connectivity index (χ4n) is 5.11. The first kappa shape index (κ1) is 23.6. The van der Waals surface area contributed by atoms with Gasteiger partial charge in [-0.2, -0.15) is 4.98 Å². The average Bonchev–Trinajstić information content (AvgIpc) is 3.27. The molecule has 8 nitrogen and oxygen atoms in total. The molecule has 1 aromatic carbocycles. The summed E-state index contributed by atoms with van der Waals surface area (Å²) in [4.78, 5) is 26.4. The minimum atomic E-state index is -0.199. The number of benzene rings is 1. The minimum absolute atomic E-state index is 0.182. The van der Waals surface area contributed by atoms with E-state index in [0.29, 0.717) is 29.8 Å². The molecule has 1 aromatic heterocycles. The van der Waals surface area contributed by atoms with Crippen molar-refractivity contribution in [3.63, 3.8) is 0 Å². The lowest BCUT2D eigenvalue weighted by atomic mass is 9.78. The molecule has 0 aliphatic carbocycles. The Morgan fingerprint density at radius 1 is 1.21 bits per heavy atom. The van der Waals surface area contributed by atoms with Gasteiger partial charge in [0.1, 0.15) is 11.9 Å². The van der Waals surface area contributed by atoms with Crippen molar-refractivity contribution in [3.8, 4) is 0 Å². The number of morpholine rings is 1. The zero-order valence-electron chi connectivity index (χ0n) is 19.1. The molecule has 1 amide bonds. The van der Waals surface area contributed by atoms with Crippen molar-refractivity contribution in [2.24, 2.45) is 5.41 Å². The fraction of sp³-hybridized carbons (Fsp3) is 0.542. The van der Waals surface area contributed by atoms with Crippen molar-refractivity contribution in [2.75, 3.05) is 56.2 Å². The number of carbonyl (C=O) groups is 1. The summed E-state index contributed by atoms with van der Waals surface area (Å²) in [5.41, 5.74) is 1.16. The Morgan fingerprint density at radius 3 is 2.79 bits per heavy atom. The number of likely N-dealkylation sites (tertiary alicyclic amines) is 1. The number of hydrogen-bond donors (Lipinski definition) is 2. The molecule has 2 N–H and O–H groups in total. The van der Waals surface area contributed by atoms with Crippen molar-refractivity contribution in [2.45, 2.75) is 31.8 Å². The lowest BCUT2D eigenvalue weighted by Gasteiger charge is -2.39. The van der Waals surface area contributed by atoms with Gasteiger partial charge in [0.2, 0.25) is 11.9 Å². The van der Waals surface area contributed by atoms with Crippen LogP contribution in [-0.2, 0) is 16.1 Å². The number of rotatable bonds is 5. The van der Waals surface area contributed by atoms with Crippen LogP contribution in [0.1, 0.15) is 24.8 Å². The molecule has 3 aliphatic rings. The number of nitrogens with one attached hydrogen (secondary N) is 2. The van der Waals surface area contributed by atoms with Gasteiger partial charge in [0.15, 0.2) is 0 Å². The van der Waals surface area contributed by atoms with Crippen LogP contribution in [0.3, 0.4) is 0 Å². The molecule has 1 spiro atoms. The van der Waals surface area contributed by atoms with Crippen molar-refractivity contribution in [1.29, 1.82) is 0 Å². The Kier molecular flexibility index (Phi) is 7.11. The van der Waals surface area contributed by atoms with Crippen LogP contribution in [0.5, 0.6) is 0 Å². The standard InChI is InChI=1S/C24H30Cl2N6O2/c25-18-2-1-17(19(26)13-18)14-29-21-3-7-28-23(30-21)31-9-4-24(5-10-31)6-11-32(16-24)22(33)20-15-34-12-8-27-20/h1-3,7,13,20,27H,4-6,8-12,14-16H2,(H,28,29,30). The highest BCUT2D eigenvalue weighted by atomic mass is 35.5. The molecule has 4 heterocycles. The third-order valence-corrected chi connectivity index (χ3v) is 7.78. The van der Waals surface area contributed by atoms with Crippen molar-refractivity contribution in [3.05, 3.63) is 46.1 Å². The van der Waals surface area contributed by atoms with E-state index in [0.717, 1.165) is 69.3 Å². The maximum atomic E-state index is 12.9. The van der Waals surface area contributed by atoms with E-state index >= 15 is 0 Å². The molecule has 182 valence electrons. The van der Waals surface area contributed by atoms with Gasteiger partial charge in [-0.1, -0.05) is 29.3 Å². The largest absolute Gasteiger partial charge is 0.378 e. The number of ether oxygens (including phenoxy) is 1. The second-order valence-electron chi connectivity index (χ2n) is 9.41. The summed E-state index contributed by atoms with van der Waals surface area (Å²) in [6.45, 7) is 5.89. The number of hydrogen-bond acceptors (Lipinski definition) is 7. The van der Waals surface area contributed by atoms with E-state index in [1.807, 2.05) is 23.1 Å². The van der Waals surface area contributed by atoms with Gasteiger partial charge >= 0.3 is 0 Å². The number of carbonyl (C=O) groups excluding carboxylic acids is 1. The molecule has 3 fully saturated rings. The normalized spacial score (nSPS) is 22.2. The number of anilines is 2. The second-order valence-corrected chi connectivity index (χ2v) is 10.3. The summed E-state index contributed by atoms with van der Waals surface area (Å²) in [7, 11) is 0. The highest BCUT2D eigenvalue weighted by molar-refractivity contribution is 6.35. The summed E-state index contributed by atoms with van der Waals surface area (Å²) in [6, 6.07) is 7.15. The lowest BCUT2D eigenvalue weighted by Crippen LogP contribution is -2.52. The summed E-state index contributed by atoms with van der Waals surface area (Å²) in [5, 5.41) is 7.87. The first-order valence-electron chi connectivity index (χ1n) is 11.9. The maximum absolute atomic E-state index is 12.9. The number of halogens is 2. The molecule has 1 unspecified atom stereocenters. The summed E-state index contributed by atoms with van der Waals surface area (Å²) in [5.74, 6) is 1.68. The van der Waals surface area contributed by atoms with Crippen LogP contribution >= 0.6 is 23.2 Å². The van der Waals surface area contributed by atoms with Crippen molar-refractivity contribution < 1.29 is 9.53 Å². The molecular formula is C24H30Cl2N6O2. The van der Waals surface area contributed by atoms with Crippen LogP contribution in [0, 0.1) is 5.41 Å². The smallest absolute Gasteiger partial charge is 0.242 e. The number of piperidine rings is 1. The van der Waals surface area contributed by atoms with E-state index < -0.39 is 0 Å². The topological polar surface area (TPSA) is 82.6 Å². The van der Waals surface area contributed by atoms with E-state index in [1.54, 1.807) is 12.3 Å². The molecule has 3 saturated heterocycles. The van der Waals surface area contributed by atoms with Crippen LogP contribution in [-0.4, -0.2) is 72.8 Å². The van der Waals surface area contributed by atoms with Gasteiger partial charge in [0.05, 0.1) is 13.2 Å². The molecule has 0 saturated carbocycles. The van der Waals surface area contributed by atoms with E-state index in [2.05, 4.69) is 20.5 Å². The quantitative estimate of drug-likeness (QED) is 0.646. The molecule has 10 heteroatoms. The zero-order valence-corrected chi connectivity index (χ0v) is 20.6. The molecule has 34 heavy (non-hydrogen) atoms. The number of amides is 1. The average molecular weight is 505 g/mol. The molecule has 2 aromatic rings. The van der Waals surface area contributed by atoms with Crippen LogP contribution in [0.25, 0.3) is 0 Å². The van der Waals surface area contributed by atoms with E-state index in [-0.39, 0.29) is 17.4 Å². The molecule has 5 rings (SSSR count). The van der Waals surface area contributed by atoms with E-state index in [4.69, 9.17) is 32.9 Å². The summed E-state index contributed by atoms with van der Waals surface area (Å²) < 4.78 is 5.48. The first-order chi connectivity index (χ1) is 16.5. The Balaban J connectivity index is 1.15. The van der Waals surface area contributed by atoms with Gasteiger partial charge in [-0.3, -0.25) is 4.79 Å². The Morgan fingerprint density at radius 2 is 2.03 bits per heavy atom. The lowest BCUT2D eigenvalue weighted by molar-refractivity contribution is -0.135. The third kappa shape index (κ3) is 5.25. The Labute approximate surface area is 210 Å². The summed E-state index contributed by atoms with van der Waals surface area (Å²) >= 11 is 12.3. The minimum Gasteiger partial charge on any atom is -0.378 e. The van der Waals surface area contributed by atoms with Crippen LogP contribution in [0.2, 0.25) is 10.0 Å². The summed E-state index contributed by atoms with van der Waals surface area (Å²) in [6.07, 6.45) is 4.91. The van der Waals surface area contributed by atoms with Crippen LogP contribution in [0.15, 0.2) is 30.5 Å². The highest BCUT2D eigenvalue weighted by Gasteiger charge is 2.43. The monoisotopic (exact) mass is 504 g/mol. The predicted octanol–water partition coefficient (Wildman–Crippen LogP) is 3.20. The number of nitrogens with zero attached hydrogens (tertiary/aromatic N) is 4. The zero-order chi connectivity index (χ0) is 23.5. The van der Waals surface area contributed by atoms with Crippen molar-refractivity contribution >= 4 is 40.9 Å². The number of aromatic nitrogens is 2. The van der Waals surface area contributed by atoms with Gasteiger partial charge in [0, 0.05) is 55.5 Å². The van der Waals surface area contributed by atoms with Gasteiger partial charge in [-0.05, 0) is 48.4 Å². The maximum Gasteiger partial charge on any atom is 0.242 e. The van der Waals surface area contributed by atoms with E-state index in [1.165, 1.54) is 0 Å². The molecular weight excluding hydrogens is 475 g/mol. The Bertz CT molecular complexity index is 1020. The van der Waals surface area contributed by atoms with Crippen LogP contribution in [0.4, 0.5) is 11.8 Å². The second kappa shape index (κ2) is 10.2. The molecule has 3 aliphatic heterocycles. The highest BCUT2D eigenvalue weighted by Crippen LogP contribution is 2.41. The fourth-order valence-corrected chi connectivity index (χ4v) is 5.58. The molecule has 0 radical (unpaired) electrons. The van der Waals surface area contributed by atoms with Gasteiger partial charge in [-0.15, -0.1) is 0 Å². The van der Waals surface area contributed by atoms with Gasteiger partial charge in [0.25, 0.3) is 0 Å².